The van der Waals surface area contributed by atoms with Crippen LogP contribution in [0.1, 0.15) is 12.8 Å². The van der Waals surface area contributed by atoms with Gasteiger partial charge in [0.2, 0.25) is 5.28 Å². The molecule has 1 atom stereocenters. The quantitative estimate of drug-likeness (QED) is 0.766. The van der Waals surface area contributed by atoms with Gasteiger partial charge in [0, 0.05) is 25.3 Å². The Morgan fingerprint density at radius 2 is 2.41 bits per heavy atom. The lowest BCUT2D eigenvalue weighted by molar-refractivity contribution is 0.0474. The van der Waals surface area contributed by atoms with Crippen LogP contribution in [0.2, 0.25) is 5.28 Å². The molecule has 5 nitrogen and oxygen atoms in total. The Balaban J connectivity index is 1.86. The van der Waals surface area contributed by atoms with Crippen molar-refractivity contribution in [2.75, 3.05) is 13.2 Å². The second-order valence-electron chi connectivity index (χ2n) is 4.33. The van der Waals surface area contributed by atoms with Crippen LogP contribution in [0.4, 0.5) is 0 Å². The average Bonchev–Trinajstić information content (AvgIpc) is 2.73. The normalized spacial score (nSPS) is 20.9. The summed E-state index contributed by atoms with van der Waals surface area (Å²) in [4.78, 5) is 8.16. The summed E-state index contributed by atoms with van der Waals surface area (Å²) in [7, 11) is 0. The predicted molar refractivity (Wildman–Crippen MR) is 63.9 cm³/mol. The van der Waals surface area contributed by atoms with Gasteiger partial charge in [0.1, 0.15) is 0 Å². The molecule has 1 fully saturated rings. The van der Waals surface area contributed by atoms with Gasteiger partial charge in [-0.05, 0) is 24.4 Å². The zero-order chi connectivity index (χ0) is 11.7. The first kappa shape index (κ1) is 10.9. The van der Waals surface area contributed by atoms with Crippen LogP contribution in [0, 0.1) is 5.92 Å². The molecule has 3 heterocycles. The Hall–Kier alpha value is -1.20. The van der Waals surface area contributed by atoms with E-state index in [1.165, 1.54) is 6.42 Å². The number of hydrogen-bond acceptors (Lipinski definition) is 4. The van der Waals surface area contributed by atoms with Crippen LogP contribution in [-0.2, 0) is 11.3 Å². The molecule has 1 saturated heterocycles. The fraction of sp³-hybridized carbons (Fsp3) is 0.545. The van der Waals surface area contributed by atoms with E-state index in [9.17, 15) is 0 Å². The minimum absolute atomic E-state index is 0.263. The smallest absolute Gasteiger partial charge is 0.224 e. The van der Waals surface area contributed by atoms with Crippen LogP contribution >= 0.6 is 11.6 Å². The molecule has 0 aliphatic carbocycles. The molecule has 3 rings (SSSR count). The standard InChI is InChI=1S/C11H13ClN4O/c12-11-13-4-9-5-14-16(10(9)15-11)6-8-2-1-3-17-7-8/h4-5,8H,1-3,6-7H2. The molecule has 0 saturated carbocycles. The predicted octanol–water partition coefficient (Wildman–Crippen LogP) is 1.91. The number of ether oxygens (including phenoxy) is 1. The van der Waals surface area contributed by atoms with Crippen molar-refractivity contribution in [2.24, 2.45) is 5.92 Å². The fourth-order valence-electron chi connectivity index (χ4n) is 2.18. The first-order chi connectivity index (χ1) is 8.33. The summed E-state index contributed by atoms with van der Waals surface area (Å²) in [5, 5.41) is 5.52. The number of nitrogens with zero attached hydrogens (tertiary/aromatic N) is 4. The van der Waals surface area contributed by atoms with Gasteiger partial charge in [-0.25, -0.2) is 9.67 Å². The summed E-state index contributed by atoms with van der Waals surface area (Å²) in [6.45, 7) is 2.52. The highest BCUT2D eigenvalue weighted by molar-refractivity contribution is 6.28. The zero-order valence-electron chi connectivity index (χ0n) is 9.34. The summed E-state index contributed by atoms with van der Waals surface area (Å²) in [6.07, 6.45) is 5.78. The lowest BCUT2D eigenvalue weighted by Crippen LogP contribution is -2.22. The van der Waals surface area contributed by atoms with Crippen molar-refractivity contribution in [1.29, 1.82) is 0 Å². The second-order valence-corrected chi connectivity index (χ2v) is 4.67. The van der Waals surface area contributed by atoms with Gasteiger partial charge in [-0.3, -0.25) is 0 Å². The number of aromatic nitrogens is 4. The minimum atomic E-state index is 0.263. The third kappa shape index (κ3) is 2.25. The zero-order valence-corrected chi connectivity index (χ0v) is 10.1. The summed E-state index contributed by atoms with van der Waals surface area (Å²) in [6, 6.07) is 0. The molecular formula is C11H13ClN4O. The molecule has 1 aliphatic heterocycles. The molecule has 2 aromatic heterocycles. The molecule has 0 spiro atoms. The van der Waals surface area contributed by atoms with Gasteiger partial charge in [-0.1, -0.05) is 0 Å². The number of halogens is 1. The third-order valence-electron chi connectivity index (χ3n) is 3.03. The summed E-state index contributed by atoms with van der Waals surface area (Å²) >= 11 is 5.80. The Morgan fingerprint density at radius 1 is 1.47 bits per heavy atom. The van der Waals surface area contributed by atoms with Crippen molar-refractivity contribution >= 4 is 22.6 Å². The highest BCUT2D eigenvalue weighted by Crippen LogP contribution is 2.18. The molecule has 1 aliphatic rings. The SMILES string of the molecule is Clc1ncc2cnn(CC3CCCOC3)c2n1. The van der Waals surface area contributed by atoms with Crippen molar-refractivity contribution in [3.63, 3.8) is 0 Å². The Kier molecular flexibility index (Phi) is 2.94. The molecule has 1 unspecified atom stereocenters. The van der Waals surface area contributed by atoms with E-state index in [-0.39, 0.29) is 5.28 Å². The van der Waals surface area contributed by atoms with Crippen molar-refractivity contribution < 1.29 is 4.74 Å². The fourth-order valence-corrected chi connectivity index (χ4v) is 2.30. The van der Waals surface area contributed by atoms with Gasteiger partial charge >= 0.3 is 0 Å². The Labute approximate surface area is 104 Å². The van der Waals surface area contributed by atoms with E-state index >= 15 is 0 Å². The molecule has 0 bridgehead atoms. The van der Waals surface area contributed by atoms with Gasteiger partial charge in [0.15, 0.2) is 5.65 Å². The molecule has 0 aromatic carbocycles. The van der Waals surface area contributed by atoms with Crippen LogP contribution in [0.25, 0.3) is 11.0 Å². The van der Waals surface area contributed by atoms with E-state index in [4.69, 9.17) is 16.3 Å². The average molecular weight is 253 g/mol. The summed E-state index contributed by atoms with van der Waals surface area (Å²) < 4.78 is 7.36. The maximum atomic E-state index is 5.80. The molecule has 0 N–H and O–H groups in total. The first-order valence-electron chi connectivity index (χ1n) is 5.75. The van der Waals surface area contributed by atoms with E-state index in [2.05, 4.69) is 15.1 Å². The van der Waals surface area contributed by atoms with E-state index in [0.29, 0.717) is 5.92 Å². The Morgan fingerprint density at radius 3 is 3.24 bits per heavy atom. The maximum Gasteiger partial charge on any atom is 0.224 e. The van der Waals surface area contributed by atoms with Crippen molar-refractivity contribution in [2.45, 2.75) is 19.4 Å². The van der Waals surface area contributed by atoms with Gasteiger partial charge in [0.25, 0.3) is 0 Å². The van der Waals surface area contributed by atoms with Gasteiger partial charge in [-0.2, -0.15) is 10.1 Å². The molecule has 0 amide bonds. The van der Waals surface area contributed by atoms with Gasteiger partial charge in [0.05, 0.1) is 18.2 Å². The highest BCUT2D eigenvalue weighted by Gasteiger charge is 2.16. The lowest BCUT2D eigenvalue weighted by Gasteiger charge is -2.21. The van der Waals surface area contributed by atoms with E-state index in [1.54, 1.807) is 12.4 Å². The topological polar surface area (TPSA) is 52.8 Å². The van der Waals surface area contributed by atoms with Gasteiger partial charge < -0.3 is 4.74 Å². The number of fused-ring (bicyclic) bond motifs is 1. The van der Waals surface area contributed by atoms with Crippen LogP contribution in [0.15, 0.2) is 12.4 Å². The first-order valence-corrected chi connectivity index (χ1v) is 6.12. The van der Waals surface area contributed by atoms with E-state index in [0.717, 1.165) is 37.2 Å². The largest absolute Gasteiger partial charge is 0.381 e. The van der Waals surface area contributed by atoms with Crippen LogP contribution in [0.3, 0.4) is 0 Å². The maximum absolute atomic E-state index is 5.80. The van der Waals surface area contributed by atoms with Crippen LogP contribution in [-0.4, -0.2) is 33.0 Å². The number of rotatable bonds is 2. The third-order valence-corrected chi connectivity index (χ3v) is 3.22. The van der Waals surface area contributed by atoms with E-state index in [1.807, 2.05) is 4.68 Å². The lowest BCUT2D eigenvalue weighted by atomic mass is 10.0. The summed E-state index contributed by atoms with van der Waals surface area (Å²) in [5.41, 5.74) is 0.801. The minimum Gasteiger partial charge on any atom is -0.381 e. The molecule has 17 heavy (non-hydrogen) atoms. The molecule has 90 valence electrons. The van der Waals surface area contributed by atoms with Crippen LogP contribution < -0.4 is 0 Å². The Bertz CT molecular complexity index is 521. The van der Waals surface area contributed by atoms with Crippen molar-refractivity contribution in [1.82, 2.24) is 19.7 Å². The van der Waals surface area contributed by atoms with Crippen molar-refractivity contribution in [3.05, 3.63) is 17.7 Å². The highest BCUT2D eigenvalue weighted by atomic mass is 35.5. The number of hydrogen-bond donors (Lipinski definition) is 0. The molecule has 2 aromatic rings. The van der Waals surface area contributed by atoms with E-state index < -0.39 is 0 Å². The van der Waals surface area contributed by atoms with Gasteiger partial charge in [-0.15, -0.1) is 0 Å². The molecule has 0 radical (unpaired) electrons. The molecular weight excluding hydrogens is 240 g/mol. The van der Waals surface area contributed by atoms with Crippen LogP contribution in [0.5, 0.6) is 0 Å². The molecule has 6 heteroatoms. The monoisotopic (exact) mass is 252 g/mol. The second kappa shape index (κ2) is 4.58. The van der Waals surface area contributed by atoms with Crippen molar-refractivity contribution in [3.8, 4) is 0 Å². The summed E-state index contributed by atoms with van der Waals surface area (Å²) in [5.74, 6) is 0.514.